The number of amides is 1. The second kappa shape index (κ2) is 5.89. The zero-order chi connectivity index (χ0) is 13.8. The summed E-state index contributed by atoms with van der Waals surface area (Å²) in [7, 11) is 0. The van der Waals surface area contributed by atoms with Gasteiger partial charge in [-0.05, 0) is 43.5 Å². The minimum atomic E-state index is -0.0469. The van der Waals surface area contributed by atoms with Crippen LogP contribution in [0.2, 0.25) is 0 Å². The maximum Gasteiger partial charge on any atom is 0.224 e. The third kappa shape index (κ3) is 3.15. The second-order valence-electron chi connectivity index (χ2n) is 4.80. The average molecular weight is 261 g/mol. The van der Waals surface area contributed by atoms with Gasteiger partial charge in [-0.15, -0.1) is 0 Å². The summed E-state index contributed by atoms with van der Waals surface area (Å²) in [6.45, 7) is 4.68. The van der Waals surface area contributed by atoms with E-state index in [9.17, 15) is 4.79 Å². The Hall–Kier alpha value is -1.81. The third-order valence-electron chi connectivity index (χ3n) is 3.28. The molecular formula is C15H19NO3. The molecule has 2 aromatic rings. The van der Waals surface area contributed by atoms with E-state index in [2.05, 4.69) is 11.4 Å². The Balaban J connectivity index is 2.13. The first-order valence-corrected chi connectivity index (χ1v) is 6.46. The van der Waals surface area contributed by atoms with Crippen LogP contribution in [0, 0.1) is 13.8 Å². The van der Waals surface area contributed by atoms with E-state index in [0.29, 0.717) is 19.4 Å². The summed E-state index contributed by atoms with van der Waals surface area (Å²) in [5.74, 6) is -0.0469. The average Bonchev–Trinajstić information content (AvgIpc) is 2.73. The topological polar surface area (TPSA) is 62.5 Å². The van der Waals surface area contributed by atoms with Gasteiger partial charge in [0.2, 0.25) is 5.91 Å². The molecule has 4 heteroatoms. The lowest BCUT2D eigenvalue weighted by Crippen LogP contribution is -2.26. The van der Waals surface area contributed by atoms with Gasteiger partial charge in [0, 0.05) is 24.1 Å². The Bertz CT molecular complexity index is 586. The van der Waals surface area contributed by atoms with Gasteiger partial charge in [-0.1, -0.05) is 0 Å². The monoisotopic (exact) mass is 261 g/mol. The molecule has 2 N–H and O–H groups in total. The number of aliphatic hydroxyl groups excluding tert-OH is 1. The highest BCUT2D eigenvalue weighted by Gasteiger charge is 2.11. The van der Waals surface area contributed by atoms with Crippen molar-refractivity contribution in [2.45, 2.75) is 26.7 Å². The molecule has 19 heavy (non-hydrogen) atoms. The van der Waals surface area contributed by atoms with Crippen LogP contribution in [0.15, 0.2) is 22.8 Å². The number of fused-ring (bicyclic) bond motifs is 1. The number of rotatable bonds is 5. The van der Waals surface area contributed by atoms with E-state index in [4.69, 9.17) is 9.52 Å². The van der Waals surface area contributed by atoms with Gasteiger partial charge in [0.15, 0.2) is 0 Å². The first-order valence-electron chi connectivity index (χ1n) is 6.46. The molecule has 1 heterocycles. The van der Waals surface area contributed by atoms with Crippen LogP contribution in [-0.2, 0) is 11.2 Å². The predicted molar refractivity (Wildman–Crippen MR) is 74.1 cm³/mol. The minimum absolute atomic E-state index is 0.0469. The van der Waals surface area contributed by atoms with Crippen molar-refractivity contribution < 1.29 is 14.3 Å². The third-order valence-corrected chi connectivity index (χ3v) is 3.28. The van der Waals surface area contributed by atoms with E-state index < -0.39 is 0 Å². The maximum absolute atomic E-state index is 11.7. The normalized spacial score (nSPS) is 10.9. The fourth-order valence-corrected chi connectivity index (χ4v) is 2.02. The number of aliphatic hydroxyl groups is 1. The largest absolute Gasteiger partial charge is 0.464 e. The van der Waals surface area contributed by atoms with E-state index in [1.165, 1.54) is 11.1 Å². The van der Waals surface area contributed by atoms with E-state index in [0.717, 1.165) is 16.5 Å². The van der Waals surface area contributed by atoms with Gasteiger partial charge in [-0.25, -0.2) is 0 Å². The first-order chi connectivity index (χ1) is 9.11. The molecule has 0 bridgehead atoms. The smallest absolute Gasteiger partial charge is 0.224 e. The molecule has 1 aromatic carbocycles. The number of furan rings is 1. The standard InChI is InChI=1S/C15H19NO3/c1-10-6-13-12(8-15(18)16-4-3-5-17)9-19-14(13)7-11(10)2/h6-7,9,17H,3-5,8H2,1-2H3,(H,16,18). The molecule has 0 radical (unpaired) electrons. The van der Waals surface area contributed by atoms with Crippen LogP contribution in [0.4, 0.5) is 0 Å². The molecule has 0 aliphatic carbocycles. The molecular weight excluding hydrogens is 242 g/mol. The zero-order valence-corrected chi connectivity index (χ0v) is 11.3. The van der Waals surface area contributed by atoms with Gasteiger partial charge in [0.05, 0.1) is 12.7 Å². The molecule has 0 atom stereocenters. The first kappa shape index (κ1) is 13.6. The van der Waals surface area contributed by atoms with E-state index in [-0.39, 0.29) is 12.5 Å². The van der Waals surface area contributed by atoms with Gasteiger partial charge in [-0.2, -0.15) is 0 Å². The van der Waals surface area contributed by atoms with Crippen LogP contribution in [0.1, 0.15) is 23.1 Å². The highest BCUT2D eigenvalue weighted by Crippen LogP contribution is 2.25. The molecule has 1 amide bonds. The Morgan fingerprint density at radius 3 is 2.79 bits per heavy atom. The molecule has 0 fully saturated rings. The number of nitrogens with one attached hydrogen (secondary N) is 1. The summed E-state index contributed by atoms with van der Waals surface area (Å²) < 4.78 is 5.49. The molecule has 2 rings (SSSR count). The summed E-state index contributed by atoms with van der Waals surface area (Å²) in [6.07, 6.45) is 2.53. The quantitative estimate of drug-likeness (QED) is 0.810. The van der Waals surface area contributed by atoms with Gasteiger partial charge >= 0.3 is 0 Å². The SMILES string of the molecule is Cc1cc2occ(CC(=O)NCCCO)c2cc1C. The molecule has 0 aliphatic rings. The molecule has 0 saturated heterocycles. The van der Waals surface area contributed by atoms with Crippen LogP contribution in [0.3, 0.4) is 0 Å². The van der Waals surface area contributed by atoms with Crippen molar-refractivity contribution >= 4 is 16.9 Å². The molecule has 4 nitrogen and oxygen atoms in total. The fourth-order valence-electron chi connectivity index (χ4n) is 2.02. The van der Waals surface area contributed by atoms with Gasteiger partial charge < -0.3 is 14.8 Å². The molecule has 0 unspecified atom stereocenters. The van der Waals surface area contributed by atoms with Crippen molar-refractivity contribution in [3.05, 3.63) is 35.1 Å². The van der Waals surface area contributed by atoms with Crippen LogP contribution < -0.4 is 5.32 Å². The van der Waals surface area contributed by atoms with Crippen LogP contribution in [-0.4, -0.2) is 24.2 Å². The highest BCUT2D eigenvalue weighted by molar-refractivity contribution is 5.88. The lowest BCUT2D eigenvalue weighted by atomic mass is 10.0. The fraction of sp³-hybridized carbons (Fsp3) is 0.400. The zero-order valence-electron chi connectivity index (χ0n) is 11.3. The van der Waals surface area contributed by atoms with Crippen molar-refractivity contribution in [2.75, 3.05) is 13.2 Å². The van der Waals surface area contributed by atoms with E-state index in [1.54, 1.807) is 6.26 Å². The molecule has 0 spiro atoms. The van der Waals surface area contributed by atoms with Gasteiger partial charge in [-0.3, -0.25) is 4.79 Å². The van der Waals surface area contributed by atoms with Crippen LogP contribution >= 0.6 is 0 Å². The molecule has 1 aromatic heterocycles. The number of carbonyl (C=O) groups excluding carboxylic acids is 1. The number of hydrogen-bond acceptors (Lipinski definition) is 3. The van der Waals surface area contributed by atoms with Crippen molar-refractivity contribution in [2.24, 2.45) is 0 Å². The number of carbonyl (C=O) groups is 1. The van der Waals surface area contributed by atoms with Crippen molar-refractivity contribution in [1.82, 2.24) is 5.32 Å². The summed E-state index contributed by atoms with van der Waals surface area (Å²) >= 11 is 0. The Kier molecular flexibility index (Phi) is 4.22. The summed E-state index contributed by atoms with van der Waals surface area (Å²) in [4.78, 5) is 11.7. The minimum Gasteiger partial charge on any atom is -0.464 e. The maximum atomic E-state index is 11.7. The van der Waals surface area contributed by atoms with Crippen LogP contribution in [0.5, 0.6) is 0 Å². The molecule has 0 saturated carbocycles. The lowest BCUT2D eigenvalue weighted by Gasteiger charge is -2.03. The van der Waals surface area contributed by atoms with Crippen molar-refractivity contribution in [1.29, 1.82) is 0 Å². The number of hydrogen-bond donors (Lipinski definition) is 2. The Morgan fingerprint density at radius 2 is 2.05 bits per heavy atom. The summed E-state index contributed by atoms with van der Waals surface area (Å²) in [5.41, 5.74) is 4.09. The second-order valence-corrected chi connectivity index (χ2v) is 4.80. The van der Waals surface area contributed by atoms with Crippen LogP contribution in [0.25, 0.3) is 11.0 Å². The Morgan fingerprint density at radius 1 is 1.32 bits per heavy atom. The predicted octanol–water partition coefficient (Wildman–Crippen LogP) is 2.09. The molecule has 0 aliphatic heterocycles. The van der Waals surface area contributed by atoms with E-state index >= 15 is 0 Å². The summed E-state index contributed by atoms with van der Waals surface area (Å²) in [6, 6.07) is 4.06. The molecule has 102 valence electrons. The highest BCUT2D eigenvalue weighted by atomic mass is 16.3. The summed E-state index contributed by atoms with van der Waals surface area (Å²) in [5, 5.41) is 12.4. The van der Waals surface area contributed by atoms with E-state index in [1.807, 2.05) is 19.9 Å². The van der Waals surface area contributed by atoms with Gasteiger partial charge in [0.25, 0.3) is 0 Å². The van der Waals surface area contributed by atoms with Crippen molar-refractivity contribution in [3.63, 3.8) is 0 Å². The van der Waals surface area contributed by atoms with Crippen molar-refractivity contribution in [3.8, 4) is 0 Å². The Labute approximate surface area is 112 Å². The van der Waals surface area contributed by atoms with Gasteiger partial charge in [0.1, 0.15) is 5.58 Å². The number of aryl methyl sites for hydroxylation is 2. The number of benzene rings is 1. The lowest BCUT2D eigenvalue weighted by molar-refractivity contribution is -0.120.